The number of nitrogens with zero attached hydrogens (tertiary/aromatic N) is 1. The van der Waals surface area contributed by atoms with Crippen molar-refractivity contribution >= 4 is 17.5 Å². The van der Waals surface area contributed by atoms with Crippen molar-refractivity contribution in [1.29, 1.82) is 0 Å². The molecule has 1 unspecified atom stereocenters. The second-order valence-electron chi connectivity index (χ2n) is 7.15. The maximum atomic E-state index is 12.6. The Morgan fingerprint density at radius 3 is 2.84 bits per heavy atom. The fourth-order valence-corrected chi connectivity index (χ4v) is 4.47. The first-order valence-electron chi connectivity index (χ1n) is 9.29. The highest BCUT2D eigenvalue weighted by Crippen LogP contribution is 2.42. The predicted molar refractivity (Wildman–Crippen MR) is 98.9 cm³/mol. The molecule has 3 rings (SSSR count). The van der Waals surface area contributed by atoms with E-state index >= 15 is 0 Å². The van der Waals surface area contributed by atoms with Crippen molar-refractivity contribution in [2.75, 3.05) is 33.4 Å². The zero-order valence-electron chi connectivity index (χ0n) is 15.0. The summed E-state index contributed by atoms with van der Waals surface area (Å²) in [5.74, 6) is 0.786. The highest BCUT2D eigenvalue weighted by Gasteiger charge is 2.46. The van der Waals surface area contributed by atoms with Crippen molar-refractivity contribution in [3.63, 3.8) is 0 Å². The molecule has 5 heteroatoms. The molecule has 1 amide bonds. The van der Waals surface area contributed by atoms with Crippen LogP contribution in [0.2, 0.25) is 5.02 Å². The third-order valence-corrected chi connectivity index (χ3v) is 6.17. The fraction of sp³-hybridized carbons (Fsp3) is 0.650. The maximum absolute atomic E-state index is 12.6. The molecule has 0 saturated carbocycles. The molecule has 2 aliphatic rings. The van der Waals surface area contributed by atoms with Crippen LogP contribution < -0.4 is 0 Å². The number of benzene rings is 1. The summed E-state index contributed by atoms with van der Waals surface area (Å²) in [7, 11) is 1.75. The molecule has 25 heavy (non-hydrogen) atoms. The van der Waals surface area contributed by atoms with Gasteiger partial charge in [0.1, 0.15) is 0 Å². The second kappa shape index (κ2) is 8.52. The molecular weight excluding hydrogens is 338 g/mol. The first-order chi connectivity index (χ1) is 12.1. The van der Waals surface area contributed by atoms with E-state index in [2.05, 4.69) is 0 Å². The molecule has 4 nitrogen and oxygen atoms in total. The fourth-order valence-electron chi connectivity index (χ4n) is 4.24. The van der Waals surface area contributed by atoms with Crippen LogP contribution in [0.4, 0.5) is 0 Å². The van der Waals surface area contributed by atoms with Crippen LogP contribution in [0.25, 0.3) is 0 Å². The van der Waals surface area contributed by atoms with Gasteiger partial charge in [0.15, 0.2) is 0 Å². The van der Waals surface area contributed by atoms with Crippen LogP contribution in [0.3, 0.4) is 0 Å². The Kier molecular flexibility index (Phi) is 6.37. The average Bonchev–Trinajstić information content (AvgIpc) is 3.01. The van der Waals surface area contributed by atoms with E-state index < -0.39 is 0 Å². The van der Waals surface area contributed by atoms with Crippen LogP contribution in [0, 0.1) is 5.92 Å². The Morgan fingerprint density at radius 1 is 1.36 bits per heavy atom. The lowest BCUT2D eigenvalue weighted by atomic mass is 9.78. The standard InChI is InChI=1S/C20H28ClNO3/c1-24-14-8-17-9-15-25-20(17)10-12-22(13-11-20)19(23)7-6-16-4-2-3-5-18(16)21/h2-5,17H,6-15H2,1H3. The van der Waals surface area contributed by atoms with Gasteiger partial charge in [-0.05, 0) is 49.7 Å². The summed E-state index contributed by atoms with van der Waals surface area (Å²) in [4.78, 5) is 14.6. The smallest absolute Gasteiger partial charge is 0.222 e. The van der Waals surface area contributed by atoms with E-state index in [1.807, 2.05) is 29.2 Å². The number of carbonyl (C=O) groups is 1. The van der Waals surface area contributed by atoms with Gasteiger partial charge in [0.25, 0.3) is 0 Å². The van der Waals surface area contributed by atoms with E-state index in [1.54, 1.807) is 7.11 Å². The molecule has 2 saturated heterocycles. The van der Waals surface area contributed by atoms with E-state index in [1.165, 1.54) is 0 Å². The van der Waals surface area contributed by atoms with Gasteiger partial charge in [0, 0.05) is 44.9 Å². The van der Waals surface area contributed by atoms with Gasteiger partial charge < -0.3 is 14.4 Å². The zero-order chi connectivity index (χ0) is 17.7. The van der Waals surface area contributed by atoms with E-state index in [-0.39, 0.29) is 11.5 Å². The molecule has 2 heterocycles. The Morgan fingerprint density at radius 2 is 2.12 bits per heavy atom. The van der Waals surface area contributed by atoms with Crippen LogP contribution in [0.1, 0.15) is 37.7 Å². The minimum absolute atomic E-state index is 0.0297. The van der Waals surface area contributed by atoms with E-state index in [0.717, 1.165) is 62.6 Å². The number of carbonyl (C=O) groups excluding carboxylic acids is 1. The Bertz CT molecular complexity index is 584. The quantitative estimate of drug-likeness (QED) is 0.771. The first-order valence-corrected chi connectivity index (χ1v) is 9.66. The van der Waals surface area contributed by atoms with Gasteiger partial charge in [-0.1, -0.05) is 29.8 Å². The van der Waals surface area contributed by atoms with Gasteiger partial charge in [-0.3, -0.25) is 4.79 Å². The lowest BCUT2D eigenvalue weighted by molar-refractivity contribution is -0.137. The van der Waals surface area contributed by atoms with Crippen LogP contribution in [0.15, 0.2) is 24.3 Å². The molecule has 0 N–H and O–H groups in total. The van der Waals surface area contributed by atoms with Crippen molar-refractivity contribution in [1.82, 2.24) is 4.90 Å². The number of hydrogen-bond donors (Lipinski definition) is 0. The number of amides is 1. The summed E-state index contributed by atoms with van der Waals surface area (Å²) in [6.45, 7) is 3.22. The number of piperidine rings is 1. The van der Waals surface area contributed by atoms with E-state index in [9.17, 15) is 4.79 Å². The molecule has 0 radical (unpaired) electrons. The molecule has 138 valence electrons. The Labute approximate surface area is 155 Å². The molecule has 1 aromatic carbocycles. The summed E-state index contributed by atoms with van der Waals surface area (Å²) >= 11 is 6.18. The summed E-state index contributed by atoms with van der Waals surface area (Å²) in [6.07, 6.45) is 5.27. The van der Waals surface area contributed by atoms with Gasteiger partial charge in [0.2, 0.25) is 5.91 Å². The number of ether oxygens (including phenoxy) is 2. The monoisotopic (exact) mass is 365 g/mol. The number of aryl methyl sites for hydroxylation is 1. The molecule has 1 atom stereocenters. The third kappa shape index (κ3) is 4.36. The highest BCUT2D eigenvalue weighted by molar-refractivity contribution is 6.31. The number of rotatable bonds is 6. The maximum Gasteiger partial charge on any atom is 0.222 e. The summed E-state index contributed by atoms with van der Waals surface area (Å²) in [5, 5.41) is 0.744. The molecule has 0 aliphatic carbocycles. The van der Waals surface area contributed by atoms with Gasteiger partial charge >= 0.3 is 0 Å². The Hall–Kier alpha value is -1.10. The van der Waals surface area contributed by atoms with Gasteiger partial charge in [-0.25, -0.2) is 0 Å². The number of likely N-dealkylation sites (tertiary alicyclic amines) is 1. The van der Waals surface area contributed by atoms with Crippen molar-refractivity contribution in [2.45, 2.75) is 44.1 Å². The third-order valence-electron chi connectivity index (χ3n) is 5.80. The number of halogens is 1. The second-order valence-corrected chi connectivity index (χ2v) is 7.56. The topological polar surface area (TPSA) is 38.8 Å². The van der Waals surface area contributed by atoms with Crippen LogP contribution >= 0.6 is 11.6 Å². The molecule has 1 aromatic rings. The SMILES string of the molecule is COCCC1CCOC12CCN(C(=O)CCc1ccccc1Cl)CC2. The molecule has 2 aliphatic heterocycles. The minimum atomic E-state index is -0.0297. The van der Waals surface area contributed by atoms with Gasteiger partial charge in [-0.2, -0.15) is 0 Å². The number of hydrogen-bond acceptors (Lipinski definition) is 3. The van der Waals surface area contributed by atoms with Gasteiger partial charge in [-0.15, -0.1) is 0 Å². The van der Waals surface area contributed by atoms with Crippen LogP contribution in [-0.2, 0) is 20.7 Å². The van der Waals surface area contributed by atoms with Crippen molar-refractivity contribution in [2.24, 2.45) is 5.92 Å². The van der Waals surface area contributed by atoms with E-state index in [0.29, 0.717) is 18.8 Å². The van der Waals surface area contributed by atoms with Gasteiger partial charge in [0.05, 0.1) is 5.60 Å². The summed E-state index contributed by atoms with van der Waals surface area (Å²) in [6, 6.07) is 7.75. The largest absolute Gasteiger partial charge is 0.385 e. The normalized spacial score (nSPS) is 22.5. The lowest BCUT2D eigenvalue weighted by Gasteiger charge is -2.42. The summed E-state index contributed by atoms with van der Waals surface area (Å²) in [5.41, 5.74) is 1.02. The zero-order valence-corrected chi connectivity index (χ0v) is 15.8. The van der Waals surface area contributed by atoms with Crippen LogP contribution in [-0.4, -0.2) is 49.8 Å². The van der Waals surface area contributed by atoms with Crippen molar-refractivity contribution in [3.05, 3.63) is 34.9 Å². The molecule has 0 bridgehead atoms. The average molecular weight is 366 g/mol. The van der Waals surface area contributed by atoms with Crippen molar-refractivity contribution in [3.8, 4) is 0 Å². The molecule has 2 fully saturated rings. The highest BCUT2D eigenvalue weighted by atomic mass is 35.5. The lowest BCUT2D eigenvalue weighted by Crippen LogP contribution is -2.49. The molecule has 0 aromatic heterocycles. The van der Waals surface area contributed by atoms with E-state index in [4.69, 9.17) is 21.1 Å². The summed E-state index contributed by atoms with van der Waals surface area (Å²) < 4.78 is 11.4. The van der Waals surface area contributed by atoms with Crippen molar-refractivity contribution < 1.29 is 14.3 Å². The first kappa shape index (κ1) is 18.7. The minimum Gasteiger partial charge on any atom is -0.385 e. The Balaban J connectivity index is 1.50. The molecular formula is C20H28ClNO3. The van der Waals surface area contributed by atoms with Crippen LogP contribution in [0.5, 0.6) is 0 Å². The molecule has 1 spiro atoms. The number of methoxy groups -OCH3 is 1. The predicted octanol–water partition coefficient (Wildman–Crippen LogP) is 3.71.